The summed E-state index contributed by atoms with van der Waals surface area (Å²) in [5, 5.41) is 4.27. The van der Waals surface area contributed by atoms with Crippen LogP contribution in [0, 0.1) is 5.92 Å². The lowest BCUT2D eigenvalue weighted by Crippen LogP contribution is -2.37. The van der Waals surface area contributed by atoms with Crippen molar-refractivity contribution in [3.8, 4) is 0 Å². The molecular formula is C15H21ClN4. The molecule has 20 heavy (non-hydrogen) atoms. The van der Waals surface area contributed by atoms with E-state index < -0.39 is 0 Å². The van der Waals surface area contributed by atoms with Crippen molar-refractivity contribution in [1.29, 1.82) is 0 Å². The predicted octanol–water partition coefficient (Wildman–Crippen LogP) is 2.42. The third-order valence-corrected chi connectivity index (χ3v) is 4.15. The van der Waals surface area contributed by atoms with E-state index in [1.807, 2.05) is 28.9 Å². The minimum atomic E-state index is 0.736. The van der Waals surface area contributed by atoms with E-state index in [2.05, 4.69) is 22.2 Å². The zero-order valence-corrected chi connectivity index (χ0v) is 12.6. The van der Waals surface area contributed by atoms with Crippen LogP contribution in [-0.2, 0) is 6.54 Å². The molecule has 108 valence electrons. The predicted molar refractivity (Wildman–Crippen MR) is 82.1 cm³/mol. The molecule has 1 saturated heterocycles. The van der Waals surface area contributed by atoms with E-state index in [0.29, 0.717) is 0 Å². The van der Waals surface area contributed by atoms with Crippen LogP contribution in [-0.4, -0.2) is 41.0 Å². The zero-order chi connectivity index (χ0) is 13.9. The maximum absolute atomic E-state index is 5.98. The van der Waals surface area contributed by atoms with E-state index in [1.165, 1.54) is 25.9 Å². The summed E-state index contributed by atoms with van der Waals surface area (Å²) in [5.74, 6) is 0.764. The lowest BCUT2D eigenvalue weighted by Gasteiger charge is -2.29. The lowest BCUT2D eigenvalue weighted by atomic mass is 9.98. The Morgan fingerprint density at radius 2 is 2.30 bits per heavy atom. The number of rotatable bonds is 4. The number of nitrogens with one attached hydrogen (secondary N) is 1. The Morgan fingerprint density at radius 1 is 1.40 bits per heavy atom. The Morgan fingerprint density at radius 3 is 3.15 bits per heavy atom. The molecule has 3 rings (SSSR count). The molecule has 0 spiro atoms. The third kappa shape index (κ3) is 3.32. The number of pyridine rings is 1. The molecule has 0 saturated carbocycles. The molecule has 3 heterocycles. The largest absolute Gasteiger partial charge is 0.311 e. The first-order valence-electron chi connectivity index (χ1n) is 7.23. The smallest absolute Gasteiger partial charge is 0.137 e. The molecule has 1 aliphatic rings. The topological polar surface area (TPSA) is 32.6 Å². The first kappa shape index (κ1) is 13.9. The number of nitrogens with zero attached hydrogens (tertiary/aromatic N) is 3. The summed E-state index contributed by atoms with van der Waals surface area (Å²) >= 11 is 5.98. The first-order chi connectivity index (χ1) is 9.70. The summed E-state index contributed by atoms with van der Waals surface area (Å²) in [6, 6.07) is 3.82. The maximum Gasteiger partial charge on any atom is 0.137 e. The van der Waals surface area contributed by atoms with E-state index in [4.69, 9.17) is 11.6 Å². The summed E-state index contributed by atoms with van der Waals surface area (Å²) in [6.45, 7) is 4.33. The molecule has 1 unspecified atom stereocenters. The van der Waals surface area contributed by atoms with Crippen molar-refractivity contribution in [1.82, 2.24) is 19.6 Å². The summed E-state index contributed by atoms with van der Waals surface area (Å²) in [5.41, 5.74) is 2.01. The average molecular weight is 293 g/mol. The highest BCUT2D eigenvalue weighted by molar-refractivity contribution is 6.30. The fourth-order valence-electron chi connectivity index (χ4n) is 2.95. The second kappa shape index (κ2) is 6.12. The van der Waals surface area contributed by atoms with Gasteiger partial charge in [-0.15, -0.1) is 0 Å². The molecule has 0 bridgehead atoms. The van der Waals surface area contributed by atoms with Crippen LogP contribution in [0.4, 0.5) is 0 Å². The Hall–Kier alpha value is -1.10. The summed E-state index contributed by atoms with van der Waals surface area (Å²) < 4.78 is 1.98. The summed E-state index contributed by atoms with van der Waals surface area (Å²) in [6.07, 6.45) is 6.58. The number of likely N-dealkylation sites (tertiary alicyclic amines) is 1. The molecule has 2 aromatic rings. The van der Waals surface area contributed by atoms with Gasteiger partial charge in [-0.25, -0.2) is 4.98 Å². The van der Waals surface area contributed by atoms with Crippen molar-refractivity contribution in [3.63, 3.8) is 0 Å². The van der Waals surface area contributed by atoms with Crippen molar-refractivity contribution in [3.05, 3.63) is 35.2 Å². The van der Waals surface area contributed by atoms with Gasteiger partial charge in [0.25, 0.3) is 0 Å². The monoisotopic (exact) mass is 292 g/mol. The molecule has 0 radical (unpaired) electrons. The van der Waals surface area contributed by atoms with Crippen LogP contribution in [0.2, 0.25) is 5.02 Å². The van der Waals surface area contributed by atoms with Crippen molar-refractivity contribution < 1.29 is 0 Å². The van der Waals surface area contributed by atoms with Gasteiger partial charge in [-0.3, -0.25) is 0 Å². The van der Waals surface area contributed by atoms with Crippen LogP contribution >= 0.6 is 11.6 Å². The van der Waals surface area contributed by atoms with Gasteiger partial charge in [0.1, 0.15) is 5.65 Å². The Balaban J connectivity index is 1.54. The van der Waals surface area contributed by atoms with Crippen molar-refractivity contribution >= 4 is 17.2 Å². The minimum Gasteiger partial charge on any atom is -0.311 e. The lowest BCUT2D eigenvalue weighted by molar-refractivity contribution is 0.206. The molecule has 1 atom stereocenters. The van der Waals surface area contributed by atoms with E-state index in [9.17, 15) is 0 Å². The van der Waals surface area contributed by atoms with Gasteiger partial charge in [-0.2, -0.15) is 0 Å². The number of fused-ring (bicyclic) bond motifs is 1. The molecular weight excluding hydrogens is 272 g/mol. The van der Waals surface area contributed by atoms with Crippen LogP contribution in [0.3, 0.4) is 0 Å². The highest BCUT2D eigenvalue weighted by Gasteiger charge is 2.16. The molecule has 1 aliphatic heterocycles. The first-order valence-corrected chi connectivity index (χ1v) is 7.61. The number of aromatic nitrogens is 2. The van der Waals surface area contributed by atoms with Gasteiger partial charge in [-0.05, 0) is 51.0 Å². The van der Waals surface area contributed by atoms with Gasteiger partial charge < -0.3 is 14.6 Å². The van der Waals surface area contributed by atoms with Gasteiger partial charge in [0.15, 0.2) is 0 Å². The van der Waals surface area contributed by atoms with Gasteiger partial charge >= 0.3 is 0 Å². The van der Waals surface area contributed by atoms with Crippen LogP contribution in [0.25, 0.3) is 5.65 Å². The quantitative estimate of drug-likeness (QED) is 0.939. The molecule has 1 fully saturated rings. The SMILES string of the molecule is CN1CCCC(CNCc2cn3cc(Cl)ccc3n2)C1. The average Bonchev–Trinajstić information content (AvgIpc) is 2.80. The zero-order valence-electron chi connectivity index (χ0n) is 11.8. The Labute approximate surface area is 124 Å². The van der Waals surface area contributed by atoms with E-state index >= 15 is 0 Å². The minimum absolute atomic E-state index is 0.736. The molecule has 1 N–H and O–H groups in total. The highest BCUT2D eigenvalue weighted by atomic mass is 35.5. The highest BCUT2D eigenvalue weighted by Crippen LogP contribution is 2.14. The van der Waals surface area contributed by atoms with E-state index in [1.54, 1.807) is 0 Å². The van der Waals surface area contributed by atoms with E-state index in [-0.39, 0.29) is 0 Å². The summed E-state index contributed by atoms with van der Waals surface area (Å²) in [7, 11) is 2.21. The van der Waals surface area contributed by atoms with Crippen LogP contribution in [0.5, 0.6) is 0 Å². The van der Waals surface area contributed by atoms with Crippen molar-refractivity contribution in [2.45, 2.75) is 19.4 Å². The second-order valence-corrected chi connectivity index (χ2v) is 6.18. The Kier molecular flexibility index (Phi) is 4.24. The fourth-order valence-corrected chi connectivity index (χ4v) is 3.11. The number of imidazole rings is 1. The van der Waals surface area contributed by atoms with Crippen LogP contribution < -0.4 is 5.32 Å². The summed E-state index contributed by atoms with van der Waals surface area (Å²) in [4.78, 5) is 7.00. The molecule has 5 heteroatoms. The van der Waals surface area contributed by atoms with Crippen LogP contribution in [0.15, 0.2) is 24.5 Å². The molecule has 0 aliphatic carbocycles. The number of piperidine rings is 1. The van der Waals surface area contributed by atoms with Gasteiger partial charge in [0.2, 0.25) is 0 Å². The third-order valence-electron chi connectivity index (χ3n) is 3.93. The maximum atomic E-state index is 5.98. The molecule has 0 amide bonds. The van der Waals surface area contributed by atoms with Gasteiger partial charge in [0.05, 0.1) is 10.7 Å². The number of hydrogen-bond acceptors (Lipinski definition) is 3. The number of halogens is 1. The standard InChI is InChI=1S/C15H21ClN4/c1-19-6-2-3-12(9-19)7-17-8-14-11-20-10-13(16)4-5-15(20)18-14/h4-5,10-12,17H,2-3,6-9H2,1H3. The molecule has 4 nitrogen and oxygen atoms in total. The normalized spacial score (nSPS) is 20.6. The van der Waals surface area contributed by atoms with Gasteiger partial charge in [0, 0.05) is 25.5 Å². The van der Waals surface area contributed by atoms with E-state index in [0.717, 1.165) is 35.4 Å². The fraction of sp³-hybridized carbons (Fsp3) is 0.533. The van der Waals surface area contributed by atoms with Gasteiger partial charge in [-0.1, -0.05) is 11.6 Å². The number of hydrogen-bond donors (Lipinski definition) is 1. The Bertz CT molecular complexity index is 580. The van der Waals surface area contributed by atoms with Crippen molar-refractivity contribution in [2.75, 3.05) is 26.7 Å². The molecule has 0 aromatic carbocycles. The molecule has 2 aromatic heterocycles. The van der Waals surface area contributed by atoms with Crippen LogP contribution in [0.1, 0.15) is 18.5 Å². The second-order valence-electron chi connectivity index (χ2n) is 5.75. The van der Waals surface area contributed by atoms with Crippen molar-refractivity contribution in [2.24, 2.45) is 5.92 Å².